The third kappa shape index (κ3) is 8.54. The zero-order valence-electron chi connectivity index (χ0n) is 33.5. The van der Waals surface area contributed by atoms with Gasteiger partial charge in [-0.05, 0) is 104 Å². The molecular weight excluding hydrogens is 772 g/mol. The van der Waals surface area contributed by atoms with Crippen molar-refractivity contribution in [2.24, 2.45) is 17.8 Å². The van der Waals surface area contributed by atoms with Crippen molar-refractivity contribution >= 4 is 33.3 Å². The first-order valence-electron chi connectivity index (χ1n) is 20.5. The predicted molar refractivity (Wildman–Crippen MR) is 214 cm³/mol. The first-order chi connectivity index (χ1) is 27.6. The van der Waals surface area contributed by atoms with Gasteiger partial charge < -0.3 is 19.9 Å². The van der Waals surface area contributed by atoms with Gasteiger partial charge in [-0.1, -0.05) is 25.1 Å². The summed E-state index contributed by atoms with van der Waals surface area (Å²) in [4.78, 5) is 44.5. The van der Waals surface area contributed by atoms with Crippen LogP contribution in [0.25, 0.3) is 0 Å². The molecule has 1 N–H and O–H groups in total. The summed E-state index contributed by atoms with van der Waals surface area (Å²) in [5.41, 5.74) is -0.0987. The number of esters is 1. The van der Waals surface area contributed by atoms with Crippen LogP contribution in [0.4, 0.5) is 18.9 Å². The number of sulfone groups is 1. The van der Waals surface area contributed by atoms with Gasteiger partial charge in [-0.2, -0.15) is 0 Å². The molecule has 1 aliphatic carbocycles. The molecule has 3 atom stereocenters. The van der Waals surface area contributed by atoms with Gasteiger partial charge >= 0.3 is 5.97 Å². The number of carbonyl (C=O) groups is 3. The number of amides is 2. The minimum absolute atomic E-state index is 0.000130. The van der Waals surface area contributed by atoms with E-state index in [0.717, 1.165) is 30.9 Å². The number of benzene rings is 2. The highest BCUT2D eigenvalue weighted by molar-refractivity contribution is 7.92. The van der Waals surface area contributed by atoms with Crippen LogP contribution in [0.3, 0.4) is 0 Å². The van der Waals surface area contributed by atoms with Gasteiger partial charge in [0.1, 0.15) is 17.2 Å². The van der Waals surface area contributed by atoms with Gasteiger partial charge in [0.05, 0.1) is 25.1 Å². The number of rotatable bonds is 15. The molecule has 316 valence electrons. The molecule has 1 saturated carbocycles. The molecular formula is C43H56F3N5O6S. The number of piperidine rings is 1. The summed E-state index contributed by atoms with van der Waals surface area (Å²) >= 11 is 0. The molecule has 4 saturated heterocycles. The van der Waals surface area contributed by atoms with E-state index in [1.807, 2.05) is 15.9 Å². The molecule has 11 nitrogen and oxygen atoms in total. The molecule has 2 aromatic rings. The number of hydrogen-bond donors (Lipinski definition) is 1. The molecule has 58 heavy (non-hydrogen) atoms. The summed E-state index contributed by atoms with van der Waals surface area (Å²) in [5, 5.41) is 2.33. The predicted octanol–water partition coefficient (Wildman–Crippen LogP) is 4.44. The lowest BCUT2D eigenvalue weighted by Crippen LogP contribution is -2.64. The van der Waals surface area contributed by atoms with E-state index in [1.54, 1.807) is 30.3 Å². The summed E-state index contributed by atoms with van der Waals surface area (Å²) in [6.45, 7) is 7.80. The van der Waals surface area contributed by atoms with Crippen molar-refractivity contribution in [3.63, 3.8) is 0 Å². The lowest BCUT2D eigenvalue weighted by Gasteiger charge is -2.52. The molecule has 0 radical (unpaired) electrons. The number of methoxy groups -OCH3 is 1. The molecule has 0 unspecified atom stereocenters. The van der Waals surface area contributed by atoms with E-state index in [2.05, 4.69) is 16.8 Å². The number of nitrogens with one attached hydrogen (secondary N) is 1. The zero-order valence-corrected chi connectivity index (χ0v) is 34.3. The van der Waals surface area contributed by atoms with Crippen LogP contribution in [0.2, 0.25) is 0 Å². The van der Waals surface area contributed by atoms with Crippen molar-refractivity contribution in [2.75, 3.05) is 77.5 Å². The minimum Gasteiger partial charge on any atom is -0.469 e. The maximum absolute atomic E-state index is 16.5. The average molecular weight is 828 g/mol. The molecule has 4 heterocycles. The van der Waals surface area contributed by atoms with E-state index >= 15 is 4.39 Å². The Morgan fingerprint density at radius 1 is 1.02 bits per heavy atom. The van der Waals surface area contributed by atoms with Gasteiger partial charge in [-0.25, -0.2) is 21.6 Å². The molecule has 2 aromatic carbocycles. The fraction of sp³-hybridized carbons (Fsp3) is 0.605. The molecule has 4 aliphatic heterocycles. The normalized spacial score (nSPS) is 24.3. The van der Waals surface area contributed by atoms with Crippen LogP contribution in [0, 0.1) is 23.6 Å². The van der Waals surface area contributed by atoms with Crippen molar-refractivity contribution in [1.29, 1.82) is 0 Å². The molecule has 7 rings (SSSR count). The monoisotopic (exact) mass is 827 g/mol. The Labute approximate surface area is 339 Å². The Balaban J connectivity index is 1.04. The summed E-state index contributed by atoms with van der Waals surface area (Å²) in [7, 11) is -2.41. The van der Waals surface area contributed by atoms with E-state index in [0.29, 0.717) is 43.7 Å². The summed E-state index contributed by atoms with van der Waals surface area (Å²) < 4.78 is 77.8. The standard InChI is InChI=1S/C43H56F3N5O6S/c1-4-40(53)50-23-37(24-50)58(55,56)39-12-11-36(17-31(39)20-49-21-35(45)22-49)51-27-42(46,28-51)26-48-15-13-32(14-16-48)43(25-47-29(2)52,33-8-6-9-34(44)19-33)38-10-5-7-30(38)18-41(54)57-3/h4,6,8-9,11-12,17,19,30,32,35,37-38H,1,5,7,10,13-16,18,20-28H2,2-3H3,(H,47,52)/t30-,38+,43+/m1/s1. The first-order valence-corrected chi connectivity index (χ1v) is 22.1. The van der Waals surface area contributed by atoms with Crippen LogP contribution in [0.5, 0.6) is 0 Å². The third-order valence-electron chi connectivity index (χ3n) is 13.5. The largest absolute Gasteiger partial charge is 0.469 e. The Morgan fingerprint density at radius 2 is 1.74 bits per heavy atom. The van der Waals surface area contributed by atoms with Crippen molar-refractivity contribution in [2.45, 2.75) is 79.4 Å². The van der Waals surface area contributed by atoms with E-state index in [9.17, 15) is 31.6 Å². The van der Waals surface area contributed by atoms with E-state index in [4.69, 9.17) is 4.74 Å². The number of alkyl halides is 2. The van der Waals surface area contributed by atoms with Gasteiger partial charge in [0, 0.05) is 70.3 Å². The Hall–Kier alpha value is -3.95. The van der Waals surface area contributed by atoms with Crippen molar-refractivity contribution in [1.82, 2.24) is 20.0 Å². The van der Waals surface area contributed by atoms with Gasteiger partial charge in [0.15, 0.2) is 15.5 Å². The fourth-order valence-electron chi connectivity index (χ4n) is 10.5. The average Bonchev–Trinajstić information content (AvgIpc) is 3.61. The van der Waals surface area contributed by atoms with Crippen LogP contribution in [-0.4, -0.2) is 131 Å². The maximum atomic E-state index is 16.5. The number of halogens is 3. The SMILES string of the molecule is C=CC(=O)N1CC(S(=O)(=O)c2ccc(N3CC(F)(CN4CCC([C@@](CNC(C)=O)(c5cccc(F)c5)[C@H]5CCC[C@@H]5CC(=O)OC)CC4)C3)cc2CN2CC(F)C2)C1. The van der Waals surface area contributed by atoms with Crippen molar-refractivity contribution in [3.05, 3.63) is 72.1 Å². The number of anilines is 1. The summed E-state index contributed by atoms with van der Waals surface area (Å²) in [5.74, 6) is -1.10. The lowest BCUT2D eigenvalue weighted by atomic mass is 9.57. The topological polar surface area (TPSA) is 120 Å². The highest BCUT2D eigenvalue weighted by atomic mass is 32.2. The van der Waals surface area contributed by atoms with Crippen LogP contribution >= 0.6 is 0 Å². The second kappa shape index (κ2) is 17.0. The summed E-state index contributed by atoms with van der Waals surface area (Å²) in [6, 6.07) is 11.7. The molecule has 0 aromatic heterocycles. The van der Waals surface area contributed by atoms with Crippen LogP contribution in [-0.2, 0) is 40.9 Å². The van der Waals surface area contributed by atoms with Gasteiger partial charge in [-0.15, -0.1) is 0 Å². The Kier molecular flexibility index (Phi) is 12.3. The molecule has 0 bridgehead atoms. The van der Waals surface area contributed by atoms with E-state index in [1.165, 1.54) is 25.0 Å². The molecule has 5 aliphatic rings. The van der Waals surface area contributed by atoms with Crippen molar-refractivity contribution < 1.29 is 40.7 Å². The zero-order chi connectivity index (χ0) is 41.4. The highest BCUT2D eigenvalue weighted by Crippen LogP contribution is 2.53. The van der Waals surface area contributed by atoms with E-state index in [-0.39, 0.29) is 105 Å². The molecule has 0 spiro atoms. The third-order valence-corrected chi connectivity index (χ3v) is 15.7. The highest BCUT2D eigenvalue weighted by Gasteiger charge is 2.53. The Morgan fingerprint density at radius 3 is 2.38 bits per heavy atom. The second-order valence-corrected chi connectivity index (χ2v) is 19.5. The Bertz CT molecular complexity index is 1980. The number of hydrogen-bond acceptors (Lipinski definition) is 9. The summed E-state index contributed by atoms with van der Waals surface area (Å²) in [6.07, 6.45) is 4.45. The van der Waals surface area contributed by atoms with Gasteiger partial charge in [-0.3, -0.25) is 24.2 Å². The number of nitrogens with zero attached hydrogens (tertiary/aromatic N) is 4. The van der Waals surface area contributed by atoms with Gasteiger partial charge in [0.2, 0.25) is 11.8 Å². The molecule has 5 fully saturated rings. The second-order valence-electron chi connectivity index (χ2n) is 17.3. The van der Waals surface area contributed by atoms with Gasteiger partial charge in [0.25, 0.3) is 0 Å². The smallest absolute Gasteiger partial charge is 0.305 e. The van der Waals surface area contributed by atoms with Crippen LogP contribution in [0.15, 0.2) is 60.0 Å². The first kappa shape index (κ1) is 42.2. The van der Waals surface area contributed by atoms with Crippen molar-refractivity contribution in [3.8, 4) is 0 Å². The molecule has 2 amide bonds. The number of likely N-dealkylation sites (tertiary alicyclic amines) is 3. The van der Waals surface area contributed by atoms with Crippen LogP contribution in [0.1, 0.15) is 56.6 Å². The van der Waals surface area contributed by atoms with E-state index < -0.39 is 32.3 Å². The lowest BCUT2D eigenvalue weighted by molar-refractivity contribution is -0.142. The number of ether oxygens (including phenoxy) is 1. The number of carbonyl (C=O) groups excluding carboxylic acids is 3. The molecule has 15 heteroatoms. The quantitative estimate of drug-likeness (QED) is 0.206. The van der Waals surface area contributed by atoms with Crippen LogP contribution < -0.4 is 10.2 Å². The minimum atomic E-state index is -3.79. The maximum Gasteiger partial charge on any atom is 0.305 e. The fourth-order valence-corrected chi connectivity index (χ4v) is 12.4.